The fourth-order valence-electron chi connectivity index (χ4n) is 1.84. The summed E-state index contributed by atoms with van der Waals surface area (Å²) in [6, 6.07) is 2.96. The molecule has 0 aromatic heterocycles. The highest BCUT2D eigenvalue weighted by atomic mass is 79.9. The van der Waals surface area contributed by atoms with E-state index in [0.717, 1.165) is 18.6 Å². The van der Waals surface area contributed by atoms with Crippen LogP contribution >= 0.6 is 15.9 Å². The molecule has 1 amide bonds. The molecule has 0 heterocycles. The average Bonchev–Trinajstić information content (AvgIpc) is 2.42. The number of aliphatic hydroxyl groups is 1. The Hall–Kier alpha value is -1.08. The second-order valence-corrected chi connectivity index (χ2v) is 5.54. The van der Waals surface area contributed by atoms with Crippen molar-refractivity contribution < 1.29 is 23.1 Å². The second-order valence-electron chi connectivity index (χ2n) is 4.69. The Labute approximate surface area is 129 Å². The van der Waals surface area contributed by atoms with Crippen LogP contribution in [0.4, 0.5) is 13.2 Å². The first-order valence-corrected chi connectivity index (χ1v) is 7.34. The van der Waals surface area contributed by atoms with Gasteiger partial charge in [-0.25, -0.2) is 0 Å². The summed E-state index contributed by atoms with van der Waals surface area (Å²) in [5.74, 6) is -0.465. The van der Waals surface area contributed by atoms with Crippen LogP contribution in [-0.2, 0) is 6.18 Å². The molecule has 0 saturated carbocycles. The number of amides is 1. The van der Waals surface area contributed by atoms with Crippen molar-refractivity contribution in [3.8, 4) is 0 Å². The molecule has 118 valence electrons. The lowest BCUT2D eigenvalue weighted by Gasteiger charge is -2.15. The number of nitrogens with one attached hydrogen (secondary N) is 1. The molecule has 21 heavy (non-hydrogen) atoms. The van der Waals surface area contributed by atoms with E-state index in [4.69, 9.17) is 5.11 Å². The van der Waals surface area contributed by atoms with Gasteiger partial charge in [-0.3, -0.25) is 4.79 Å². The maximum atomic E-state index is 12.7. The van der Waals surface area contributed by atoms with Gasteiger partial charge in [-0.2, -0.15) is 13.2 Å². The molecule has 1 aromatic carbocycles. The lowest BCUT2D eigenvalue weighted by atomic mass is 10.0. The van der Waals surface area contributed by atoms with Gasteiger partial charge in [0, 0.05) is 17.6 Å². The van der Waals surface area contributed by atoms with Crippen molar-refractivity contribution in [3.63, 3.8) is 0 Å². The van der Waals surface area contributed by atoms with Crippen LogP contribution in [0.25, 0.3) is 0 Å². The first-order valence-electron chi connectivity index (χ1n) is 6.55. The molecule has 0 bridgehead atoms. The van der Waals surface area contributed by atoms with Gasteiger partial charge in [0.1, 0.15) is 0 Å². The van der Waals surface area contributed by atoms with Crippen LogP contribution in [0.15, 0.2) is 22.7 Å². The fraction of sp³-hybridized carbons (Fsp3) is 0.500. The quantitative estimate of drug-likeness (QED) is 0.806. The molecular formula is C14H17BrF3NO2. The summed E-state index contributed by atoms with van der Waals surface area (Å²) in [7, 11) is 0. The van der Waals surface area contributed by atoms with E-state index in [1.54, 1.807) is 0 Å². The van der Waals surface area contributed by atoms with E-state index in [1.807, 2.05) is 6.92 Å². The molecule has 1 unspecified atom stereocenters. The summed E-state index contributed by atoms with van der Waals surface area (Å²) >= 11 is 3.08. The first kappa shape index (κ1) is 18.0. The monoisotopic (exact) mass is 367 g/mol. The molecular weight excluding hydrogens is 351 g/mol. The molecule has 1 rings (SSSR count). The number of carbonyl (C=O) groups excluding carboxylic acids is 1. The lowest BCUT2D eigenvalue weighted by molar-refractivity contribution is -0.137. The molecule has 1 atom stereocenters. The highest BCUT2D eigenvalue weighted by Crippen LogP contribution is 2.31. The van der Waals surface area contributed by atoms with Crippen LogP contribution < -0.4 is 5.32 Å². The van der Waals surface area contributed by atoms with Gasteiger partial charge in [-0.05, 0) is 46.5 Å². The minimum atomic E-state index is -4.49. The predicted octanol–water partition coefficient (Wildman–Crippen LogP) is 3.61. The molecule has 3 nitrogen and oxygen atoms in total. The highest BCUT2D eigenvalue weighted by Gasteiger charge is 2.31. The molecule has 0 saturated heterocycles. The maximum Gasteiger partial charge on any atom is 0.416 e. The van der Waals surface area contributed by atoms with Crippen molar-refractivity contribution in [2.75, 3.05) is 13.2 Å². The van der Waals surface area contributed by atoms with Crippen molar-refractivity contribution in [2.45, 2.75) is 25.9 Å². The van der Waals surface area contributed by atoms with E-state index in [0.29, 0.717) is 17.4 Å². The maximum absolute atomic E-state index is 12.7. The van der Waals surface area contributed by atoms with Crippen molar-refractivity contribution >= 4 is 21.8 Å². The van der Waals surface area contributed by atoms with Gasteiger partial charge in [0.05, 0.1) is 11.1 Å². The standard InChI is InChI=1S/C14H17BrF3NO2/c1-2-9(5-6-20)8-19-13(21)11-7-10(14(16,17)18)3-4-12(11)15/h3-4,7,9,20H,2,5-6,8H2,1H3,(H,19,21). The van der Waals surface area contributed by atoms with Crippen LogP contribution in [-0.4, -0.2) is 24.2 Å². The number of hydrogen-bond acceptors (Lipinski definition) is 2. The SMILES string of the molecule is CCC(CCO)CNC(=O)c1cc(C(F)(F)F)ccc1Br. The number of benzene rings is 1. The third-order valence-corrected chi connectivity index (χ3v) is 3.90. The molecule has 0 spiro atoms. The molecule has 0 aliphatic rings. The minimum Gasteiger partial charge on any atom is -0.396 e. The van der Waals surface area contributed by atoms with Crippen LogP contribution in [0.2, 0.25) is 0 Å². The Morgan fingerprint density at radius 1 is 1.43 bits per heavy atom. The summed E-state index contributed by atoms with van der Waals surface area (Å²) in [5, 5.41) is 11.5. The number of hydrogen-bond donors (Lipinski definition) is 2. The van der Waals surface area contributed by atoms with Crippen molar-refractivity contribution in [3.05, 3.63) is 33.8 Å². The smallest absolute Gasteiger partial charge is 0.396 e. The molecule has 0 aliphatic heterocycles. The predicted molar refractivity (Wildman–Crippen MR) is 77.0 cm³/mol. The van der Waals surface area contributed by atoms with Crippen LogP contribution in [0.1, 0.15) is 35.7 Å². The largest absolute Gasteiger partial charge is 0.416 e. The lowest BCUT2D eigenvalue weighted by Crippen LogP contribution is -2.30. The zero-order chi connectivity index (χ0) is 16.0. The molecule has 0 fully saturated rings. The van der Waals surface area contributed by atoms with Crippen molar-refractivity contribution in [2.24, 2.45) is 5.92 Å². The number of carbonyl (C=O) groups is 1. The summed E-state index contributed by atoms with van der Waals surface area (Å²) in [6.07, 6.45) is -3.18. The van der Waals surface area contributed by atoms with E-state index in [-0.39, 0.29) is 18.1 Å². The van der Waals surface area contributed by atoms with Crippen LogP contribution in [0.5, 0.6) is 0 Å². The first-order chi connectivity index (χ1) is 9.79. The zero-order valence-corrected chi connectivity index (χ0v) is 13.1. The number of alkyl halides is 3. The van der Waals surface area contributed by atoms with Crippen LogP contribution in [0, 0.1) is 5.92 Å². The Bertz CT molecular complexity index is 492. The second kappa shape index (κ2) is 7.79. The van der Waals surface area contributed by atoms with Gasteiger partial charge in [0.2, 0.25) is 0 Å². The number of rotatable bonds is 6. The van der Waals surface area contributed by atoms with Gasteiger partial charge in [0.15, 0.2) is 0 Å². The Morgan fingerprint density at radius 3 is 2.62 bits per heavy atom. The Morgan fingerprint density at radius 2 is 2.10 bits per heavy atom. The zero-order valence-electron chi connectivity index (χ0n) is 11.5. The molecule has 7 heteroatoms. The Kier molecular flexibility index (Phi) is 6.67. The van der Waals surface area contributed by atoms with Crippen molar-refractivity contribution in [1.29, 1.82) is 0 Å². The summed E-state index contributed by atoms with van der Waals surface area (Å²) < 4.78 is 38.3. The fourth-order valence-corrected chi connectivity index (χ4v) is 2.27. The number of aliphatic hydroxyl groups excluding tert-OH is 1. The van der Waals surface area contributed by atoms with E-state index in [9.17, 15) is 18.0 Å². The highest BCUT2D eigenvalue weighted by molar-refractivity contribution is 9.10. The molecule has 0 radical (unpaired) electrons. The van der Waals surface area contributed by atoms with E-state index in [1.165, 1.54) is 6.07 Å². The van der Waals surface area contributed by atoms with Crippen LogP contribution in [0.3, 0.4) is 0 Å². The average molecular weight is 368 g/mol. The third kappa shape index (κ3) is 5.32. The molecule has 2 N–H and O–H groups in total. The van der Waals surface area contributed by atoms with Gasteiger partial charge < -0.3 is 10.4 Å². The summed E-state index contributed by atoms with van der Waals surface area (Å²) in [6.45, 7) is 2.26. The van der Waals surface area contributed by atoms with Gasteiger partial charge in [-0.1, -0.05) is 13.3 Å². The van der Waals surface area contributed by atoms with E-state index in [2.05, 4.69) is 21.2 Å². The van der Waals surface area contributed by atoms with Gasteiger partial charge >= 0.3 is 6.18 Å². The van der Waals surface area contributed by atoms with E-state index < -0.39 is 17.6 Å². The normalized spacial score (nSPS) is 13.0. The van der Waals surface area contributed by atoms with Gasteiger partial charge in [0.25, 0.3) is 5.91 Å². The minimum absolute atomic E-state index is 0.0155. The molecule has 1 aromatic rings. The molecule has 0 aliphatic carbocycles. The van der Waals surface area contributed by atoms with Gasteiger partial charge in [-0.15, -0.1) is 0 Å². The van der Waals surface area contributed by atoms with E-state index >= 15 is 0 Å². The summed E-state index contributed by atoms with van der Waals surface area (Å²) in [5.41, 5.74) is -0.915. The Balaban J connectivity index is 2.82. The summed E-state index contributed by atoms with van der Waals surface area (Å²) in [4.78, 5) is 12.0. The van der Waals surface area contributed by atoms with Crippen molar-refractivity contribution in [1.82, 2.24) is 5.32 Å². The third-order valence-electron chi connectivity index (χ3n) is 3.20. The number of halogens is 4. The topological polar surface area (TPSA) is 49.3 Å².